The average Bonchev–Trinajstić information content (AvgIpc) is 2.66. The largest absolute Gasteiger partial charge is 0.478 e. The van der Waals surface area contributed by atoms with Crippen molar-refractivity contribution >= 4 is 11.7 Å². The normalized spacial score (nSPS) is 20.4. The van der Waals surface area contributed by atoms with Crippen LogP contribution in [-0.4, -0.2) is 41.7 Å². The molecule has 2 N–H and O–H groups in total. The molecule has 0 bridgehead atoms. The summed E-state index contributed by atoms with van der Waals surface area (Å²) in [5.74, 6) is -1.93. The van der Waals surface area contributed by atoms with E-state index < -0.39 is 11.8 Å². The molecular weight excluding hydrogens is 259 g/mol. The first-order valence-electron chi connectivity index (χ1n) is 7.12. The van der Waals surface area contributed by atoms with Crippen molar-refractivity contribution in [3.63, 3.8) is 0 Å². The van der Waals surface area contributed by atoms with Gasteiger partial charge in [-0.15, -0.1) is 0 Å². The summed E-state index contributed by atoms with van der Waals surface area (Å²) >= 11 is 0. The monoisotopic (exact) mass is 280 g/mol. The van der Waals surface area contributed by atoms with Gasteiger partial charge in [0, 0.05) is 18.3 Å². The van der Waals surface area contributed by atoms with Crippen LogP contribution in [0.2, 0.25) is 0 Å². The fourth-order valence-electron chi connectivity index (χ4n) is 2.63. The van der Waals surface area contributed by atoms with Gasteiger partial charge in [-0.2, -0.15) is 0 Å². The van der Waals surface area contributed by atoms with Gasteiger partial charge in [0.1, 0.15) is 5.82 Å². The molecule has 0 aliphatic carbocycles. The van der Waals surface area contributed by atoms with Crippen molar-refractivity contribution in [1.29, 1.82) is 0 Å². The molecule has 0 aromatic heterocycles. The lowest BCUT2D eigenvalue weighted by molar-refractivity contribution is 0.0692. The highest BCUT2D eigenvalue weighted by Gasteiger charge is 2.17. The van der Waals surface area contributed by atoms with Crippen LogP contribution >= 0.6 is 0 Å². The summed E-state index contributed by atoms with van der Waals surface area (Å²) in [5.41, 5.74) is 0.401. The van der Waals surface area contributed by atoms with Crippen molar-refractivity contribution in [3.8, 4) is 0 Å². The Morgan fingerprint density at radius 3 is 2.95 bits per heavy atom. The summed E-state index contributed by atoms with van der Waals surface area (Å²) in [6.45, 7) is 5.37. The third-order valence-electron chi connectivity index (χ3n) is 3.84. The number of nitrogens with one attached hydrogen (secondary N) is 1. The highest BCUT2D eigenvalue weighted by atomic mass is 19.1. The number of carbonyl (C=O) groups is 1. The van der Waals surface area contributed by atoms with E-state index in [0.29, 0.717) is 11.7 Å². The molecule has 1 fully saturated rings. The average molecular weight is 280 g/mol. The Morgan fingerprint density at radius 1 is 1.45 bits per heavy atom. The van der Waals surface area contributed by atoms with Crippen molar-refractivity contribution < 1.29 is 14.3 Å². The zero-order valence-electron chi connectivity index (χ0n) is 11.7. The predicted molar refractivity (Wildman–Crippen MR) is 76.7 cm³/mol. The molecule has 1 aliphatic heterocycles. The van der Waals surface area contributed by atoms with Crippen molar-refractivity contribution in [3.05, 3.63) is 29.6 Å². The van der Waals surface area contributed by atoms with Gasteiger partial charge in [0.05, 0.1) is 5.56 Å². The number of benzene rings is 1. The third-order valence-corrected chi connectivity index (χ3v) is 3.84. The second kappa shape index (κ2) is 6.70. The summed E-state index contributed by atoms with van der Waals surface area (Å²) in [7, 11) is 0. The summed E-state index contributed by atoms with van der Waals surface area (Å²) in [5, 5.41) is 12.3. The Bertz CT molecular complexity index is 479. The Balaban J connectivity index is 2.02. The standard InChI is InChI=1S/C15H21FN2O2/c1-2-18-8-3-4-11(7-9-18)17-12-5-6-14(16)13(10-12)15(19)20/h5-6,10-11,17H,2-4,7-9H2,1H3,(H,19,20). The van der Waals surface area contributed by atoms with Crippen molar-refractivity contribution in [2.45, 2.75) is 32.2 Å². The molecule has 4 nitrogen and oxygen atoms in total. The van der Waals surface area contributed by atoms with Crippen molar-refractivity contribution in [2.75, 3.05) is 25.0 Å². The lowest BCUT2D eigenvalue weighted by atomic mass is 10.1. The molecule has 1 aromatic rings. The first kappa shape index (κ1) is 14.8. The fourth-order valence-corrected chi connectivity index (χ4v) is 2.63. The van der Waals surface area contributed by atoms with Crippen molar-refractivity contribution in [2.24, 2.45) is 0 Å². The van der Waals surface area contributed by atoms with Gasteiger partial charge in [0.15, 0.2) is 0 Å². The second-order valence-corrected chi connectivity index (χ2v) is 5.21. The molecule has 2 rings (SSSR count). The van der Waals surface area contributed by atoms with Gasteiger partial charge in [-0.05, 0) is 50.6 Å². The molecule has 20 heavy (non-hydrogen) atoms. The summed E-state index contributed by atoms with van der Waals surface area (Å²) in [6, 6.07) is 4.50. The molecule has 0 amide bonds. The lowest BCUT2D eigenvalue weighted by Gasteiger charge is -2.19. The lowest BCUT2D eigenvalue weighted by Crippen LogP contribution is -2.26. The van der Waals surface area contributed by atoms with E-state index in [1.54, 1.807) is 6.07 Å². The first-order valence-corrected chi connectivity index (χ1v) is 7.12. The maximum Gasteiger partial charge on any atom is 0.338 e. The van der Waals surface area contributed by atoms with Gasteiger partial charge in [-0.25, -0.2) is 9.18 Å². The van der Waals surface area contributed by atoms with Gasteiger partial charge in [-0.3, -0.25) is 0 Å². The number of anilines is 1. The maximum atomic E-state index is 13.3. The molecule has 1 atom stereocenters. The molecule has 110 valence electrons. The molecule has 5 heteroatoms. The van der Waals surface area contributed by atoms with Crippen LogP contribution in [0.3, 0.4) is 0 Å². The zero-order chi connectivity index (χ0) is 14.5. The molecule has 1 unspecified atom stereocenters. The predicted octanol–water partition coefficient (Wildman–Crippen LogP) is 2.81. The van der Waals surface area contributed by atoms with E-state index in [-0.39, 0.29) is 5.56 Å². The van der Waals surface area contributed by atoms with E-state index in [1.165, 1.54) is 12.1 Å². The molecule has 0 radical (unpaired) electrons. The minimum absolute atomic E-state index is 0.279. The zero-order valence-corrected chi connectivity index (χ0v) is 11.7. The Labute approximate surface area is 118 Å². The maximum absolute atomic E-state index is 13.3. The van der Waals surface area contributed by atoms with Crippen LogP contribution in [-0.2, 0) is 0 Å². The van der Waals surface area contributed by atoms with E-state index >= 15 is 0 Å². The minimum Gasteiger partial charge on any atom is -0.478 e. The van der Waals surface area contributed by atoms with Gasteiger partial charge in [0.25, 0.3) is 0 Å². The summed E-state index contributed by atoms with van der Waals surface area (Å²) in [4.78, 5) is 13.3. The molecular formula is C15H21FN2O2. The number of nitrogens with zero attached hydrogens (tertiary/aromatic N) is 1. The Morgan fingerprint density at radius 2 is 2.25 bits per heavy atom. The van der Waals surface area contributed by atoms with E-state index in [4.69, 9.17) is 5.11 Å². The molecule has 1 aromatic carbocycles. The van der Waals surface area contributed by atoms with Crippen LogP contribution in [0.5, 0.6) is 0 Å². The molecule has 1 heterocycles. The highest BCUT2D eigenvalue weighted by molar-refractivity contribution is 5.89. The Hall–Kier alpha value is -1.62. The third kappa shape index (κ3) is 3.70. The number of carboxylic acids is 1. The van der Waals surface area contributed by atoms with Gasteiger partial charge >= 0.3 is 5.97 Å². The Kier molecular flexibility index (Phi) is 4.95. The number of halogens is 1. The first-order chi connectivity index (χ1) is 9.60. The molecule has 1 saturated heterocycles. The van der Waals surface area contributed by atoms with Crippen LogP contribution in [0.1, 0.15) is 36.5 Å². The summed E-state index contributed by atoms with van der Waals surface area (Å²) < 4.78 is 13.3. The van der Waals surface area contributed by atoms with Gasteiger partial charge in [0.2, 0.25) is 0 Å². The van der Waals surface area contributed by atoms with E-state index in [0.717, 1.165) is 38.9 Å². The fraction of sp³-hybridized carbons (Fsp3) is 0.533. The van der Waals surface area contributed by atoms with Crippen LogP contribution in [0.4, 0.5) is 10.1 Å². The minimum atomic E-state index is -1.23. The van der Waals surface area contributed by atoms with Crippen LogP contribution in [0, 0.1) is 5.82 Å². The van der Waals surface area contributed by atoms with E-state index in [1.807, 2.05) is 0 Å². The van der Waals surface area contributed by atoms with Gasteiger partial charge in [-0.1, -0.05) is 6.92 Å². The number of hydrogen-bond acceptors (Lipinski definition) is 3. The number of hydrogen-bond donors (Lipinski definition) is 2. The molecule has 1 aliphatic rings. The number of likely N-dealkylation sites (tertiary alicyclic amines) is 1. The van der Waals surface area contributed by atoms with Crippen LogP contribution < -0.4 is 5.32 Å². The van der Waals surface area contributed by atoms with Gasteiger partial charge < -0.3 is 15.3 Å². The SMILES string of the molecule is CCN1CCCC(Nc2ccc(F)c(C(=O)O)c2)CC1. The van der Waals surface area contributed by atoms with Crippen molar-refractivity contribution in [1.82, 2.24) is 4.90 Å². The second-order valence-electron chi connectivity index (χ2n) is 5.21. The van der Waals surface area contributed by atoms with Crippen LogP contribution in [0.25, 0.3) is 0 Å². The summed E-state index contributed by atoms with van der Waals surface area (Å²) in [6.07, 6.45) is 3.20. The number of aromatic carboxylic acids is 1. The van der Waals surface area contributed by atoms with E-state index in [9.17, 15) is 9.18 Å². The number of rotatable bonds is 4. The number of carboxylic acid groups (broad SMARTS) is 1. The quantitative estimate of drug-likeness (QED) is 0.890. The smallest absolute Gasteiger partial charge is 0.338 e. The van der Waals surface area contributed by atoms with Crippen LogP contribution in [0.15, 0.2) is 18.2 Å². The van der Waals surface area contributed by atoms with E-state index in [2.05, 4.69) is 17.1 Å². The molecule has 0 spiro atoms. The topological polar surface area (TPSA) is 52.6 Å². The molecule has 0 saturated carbocycles. The highest BCUT2D eigenvalue weighted by Crippen LogP contribution is 2.19.